The summed E-state index contributed by atoms with van der Waals surface area (Å²) in [5, 5.41) is 2.77. The third kappa shape index (κ3) is 5.76. The van der Waals surface area contributed by atoms with Gasteiger partial charge in [-0.15, -0.1) is 12.4 Å². The molecule has 2 rings (SSSR count). The number of anilines is 1. The van der Waals surface area contributed by atoms with Crippen LogP contribution < -0.4 is 11.1 Å². The minimum Gasteiger partial charge on any atom is -0.380 e. The highest BCUT2D eigenvalue weighted by Crippen LogP contribution is 2.13. The quantitative estimate of drug-likeness (QED) is 0.788. The molecule has 1 aliphatic rings. The van der Waals surface area contributed by atoms with Crippen molar-refractivity contribution in [3.05, 3.63) is 29.8 Å². The largest absolute Gasteiger partial charge is 0.380 e. The Morgan fingerprint density at radius 2 is 1.92 bits per heavy atom. The van der Waals surface area contributed by atoms with E-state index in [1.54, 1.807) is 29.2 Å². The Labute approximate surface area is 147 Å². The lowest BCUT2D eigenvalue weighted by Crippen LogP contribution is -2.40. The lowest BCUT2D eigenvalue weighted by atomic mass is 10.1. The lowest BCUT2D eigenvalue weighted by Gasteiger charge is -2.26. The fourth-order valence-corrected chi connectivity index (χ4v) is 2.33. The van der Waals surface area contributed by atoms with Gasteiger partial charge in [0.05, 0.1) is 25.7 Å². The van der Waals surface area contributed by atoms with Crippen LogP contribution in [0.15, 0.2) is 24.3 Å². The summed E-state index contributed by atoms with van der Waals surface area (Å²) in [7, 11) is 1.52. The molecule has 0 bridgehead atoms. The number of amides is 2. The normalized spacial score (nSPS) is 15.3. The van der Waals surface area contributed by atoms with Gasteiger partial charge in [-0.1, -0.05) is 0 Å². The highest BCUT2D eigenvalue weighted by atomic mass is 35.5. The Morgan fingerprint density at radius 3 is 2.46 bits per heavy atom. The van der Waals surface area contributed by atoms with Gasteiger partial charge in [0, 0.05) is 38.0 Å². The van der Waals surface area contributed by atoms with Gasteiger partial charge in [-0.3, -0.25) is 9.59 Å². The van der Waals surface area contributed by atoms with Crippen molar-refractivity contribution in [1.82, 2.24) is 4.90 Å². The highest BCUT2D eigenvalue weighted by molar-refractivity contribution is 5.96. The van der Waals surface area contributed by atoms with E-state index in [0.29, 0.717) is 37.6 Å². The van der Waals surface area contributed by atoms with E-state index in [-0.39, 0.29) is 43.3 Å². The van der Waals surface area contributed by atoms with E-state index in [4.69, 9.17) is 15.2 Å². The zero-order chi connectivity index (χ0) is 16.7. The number of nitrogens with two attached hydrogens (primary N) is 1. The van der Waals surface area contributed by atoms with Crippen molar-refractivity contribution in [2.45, 2.75) is 12.5 Å². The lowest BCUT2D eigenvalue weighted by molar-refractivity contribution is -0.118. The van der Waals surface area contributed by atoms with Crippen LogP contribution >= 0.6 is 12.4 Å². The molecule has 0 aromatic heterocycles. The molecule has 2 amide bonds. The maximum Gasteiger partial charge on any atom is 0.254 e. The summed E-state index contributed by atoms with van der Waals surface area (Å²) >= 11 is 0. The number of morpholine rings is 1. The standard InChI is InChI=1S/C16H23N3O4.ClH/c1-22-14(11-17)10-15(20)18-13-4-2-12(3-5-13)16(21)19-6-8-23-9-7-19;/h2-5,14H,6-11,17H2,1H3,(H,18,20);1H. The molecule has 1 fully saturated rings. The van der Waals surface area contributed by atoms with Crippen LogP contribution in [-0.4, -0.2) is 62.8 Å². The van der Waals surface area contributed by atoms with Crippen LogP contribution in [-0.2, 0) is 14.3 Å². The van der Waals surface area contributed by atoms with Crippen molar-refractivity contribution in [1.29, 1.82) is 0 Å². The summed E-state index contributed by atoms with van der Waals surface area (Å²) < 4.78 is 10.3. The number of carbonyl (C=O) groups excluding carboxylic acids is 2. The molecule has 7 nitrogen and oxygen atoms in total. The van der Waals surface area contributed by atoms with Crippen LogP contribution in [0.3, 0.4) is 0 Å². The molecule has 1 aromatic rings. The van der Waals surface area contributed by atoms with Crippen LogP contribution in [0.1, 0.15) is 16.8 Å². The van der Waals surface area contributed by atoms with Crippen LogP contribution in [0.5, 0.6) is 0 Å². The van der Waals surface area contributed by atoms with Crippen molar-refractivity contribution in [2.75, 3.05) is 45.3 Å². The number of hydrogen-bond acceptors (Lipinski definition) is 5. The van der Waals surface area contributed by atoms with E-state index >= 15 is 0 Å². The molecule has 0 spiro atoms. The van der Waals surface area contributed by atoms with Gasteiger partial charge in [-0.05, 0) is 24.3 Å². The van der Waals surface area contributed by atoms with Crippen molar-refractivity contribution < 1.29 is 19.1 Å². The third-order valence-corrected chi connectivity index (χ3v) is 3.72. The fourth-order valence-electron chi connectivity index (χ4n) is 2.33. The van der Waals surface area contributed by atoms with Crippen molar-refractivity contribution in [3.8, 4) is 0 Å². The molecule has 8 heteroatoms. The fraction of sp³-hybridized carbons (Fsp3) is 0.500. The van der Waals surface area contributed by atoms with E-state index in [0.717, 1.165) is 0 Å². The number of hydrogen-bond donors (Lipinski definition) is 2. The van der Waals surface area contributed by atoms with E-state index in [2.05, 4.69) is 5.32 Å². The number of benzene rings is 1. The van der Waals surface area contributed by atoms with Gasteiger partial charge in [0.1, 0.15) is 0 Å². The molecule has 1 unspecified atom stereocenters. The predicted molar refractivity (Wildman–Crippen MR) is 93.5 cm³/mol. The van der Waals surface area contributed by atoms with Crippen LogP contribution in [0, 0.1) is 0 Å². The highest BCUT2D eigenvalue weighted by Gasteiger charge is 2.18. The van der Waals surface area contributed by atoms with Gasteiger partial charge in [0.2, 0.25) is 5.91 Å². The first-order valence-corrected chi connectivity index (χ1v) is 7.64. The van der Waals surface area contributed by atoms with Gasteiger partial charge in [-0.2, -0.15) is 0 Å². The van der Waals surface area contributed by atoms with Crippen LogP contribution in [0.25, 0.3) is 0 Å². The summed E-state index contributed by atoms with van der Waals surface area (Å²) in [4.78, 5) is 25.9. The SMILES string of the molecule is COC(CN)CC(=O)Nc1ccc(C(=O)N2CCOCC2)cc1.Cl. The van der Waals surface area contributed by atoms with E-state index < -0.39 is 0 Å². The second-order valence-corrected chi connectivity index (χ2v) is 5.33. The monoisotopic (exact) mass is 357 g/mol. The number of carbonyl (C=O) groups is 2. The molecule has 24 heavy (non-hydrogen) atoms. The molecular weight excluding hydrogens is 334 g/mol. The summed E-state index contributed by atoms with van der Waals surface area (Å²) in [5.74, 6) is -0.191. The Bertz CT molecular complexity index is 529. The van der Waals surface area contributed by atoms with Crippen molar-refractivity contribution in [3.63, 3.8) is 0 Å². The van der Waals surface area contributed by atoms with Crippen LogP contribution in [0.4, 0.5) is 5.69 Å². The number of nitrogens with one attached hydrogen (secondary N) is 1. The molecule has 0 radical (unpaired) electrons. The second kappa shape index (κ2) is 10.2. The molecule has 134 valence electrons. The zero-order valence-corrected chi connectivity index (χ0v) is 14.5. The first kappa shape index (κ1) is 20.4. The Balaban J connectivity index is 0.00000288. The number of methoxy groups -OCH3 is 1. The average molecular weight is 358 g/mol. The van der Waals surface area contributed by atoms with Crippen molar-refractivity contribution >= 4 is 29.9 Å². The molecule has 1 heterocycles. The Kier molecular flexibility index (Phi) is 8.70. The van der Waals surface area contributed by atoms with Crippen molar-refractivity contribution in [2.24, 2.45) is 5.73 Å². The predicted octanol–water partition coefficient (Wildman–Crippen LogP) is 0.883. The smallest absolute Gasteiger partial charge is 0.254 e. The van der Waals surface area contributed by atoms with E-state index in [1.807, 2.05) is 0 Å². The first-order valence-electron chi connectivity index (χ1n) is 7.64. The molecule has 0 saturated carbocycles. The van der Waals surface area contributed by atoms with Gasteiger partial charge >= 0.3 is 0 Å². The Hall–Kier alpha value is -1.67. The molecular formula is C16H24ClN3O4. The minimum atomic E-state index is -0.294. The van der Waals surface area contributed by atoms with Gasteiger partial charge in [0.15, 0.2) is 0 Å². The second-order valence-electron chi connectivity index (χ2n) is 5.33. The number of ether oxygens (including phenoxy) is 2. The summed E-state index contributed by atoms with van der Waals surface area (Å²) in [5.41, 5.74) is 6.73. The Morgan fingerprint density at radius 1 is 1.29 bits per heavy atom. The maximum absolute atomic E-state index is 12.3. The number of nitrogens with zero attached hydrogens (tertiary/aromatic N) is 1. The topological polar surface area (TPSA) is 93.9 Å². The molecule has 0 aliphatic carbocycles. The first-order chi connectivity index (χ1) is 11.1. The van der Waals surface area contributed by atoms with Gasteiger partial charge in [0.25, 0.3) is 5.91 Å². The third-order valence-electron chi connectivity index (χ3n) is 3.72. The molecule has 3 N–H and O–H groups in total. The average Bonchev–Trinajstić information content (AvgIpc) is 2.60. The zero-order valence-electron chi connectivity index (χ0n) is 13.7. The summed E-state index contributed by atoms with van der Waals surface area (Å²) in [6.07, 6.45) is -0.0984. The summed E-state index contributed by atoms with van der Waals surface area (Å²) in [6.45, 7) is 2.64. The maximum atomic E-state index is 12.3. The molecule has 1 saturated heterocycles. The van der Waals surface area contributed by atoms with Crippen LogP contribution in [0.2, 0.25) is 0 Å². The summed E-state index contributed by atoms with van der Waals surface area (Å²) in [6, 6.07) is 6.86. The van der Waals surface area contributed by atoms with Gasteiger partial charge < -0.3 is 25.4 Å². The van der Waals surface area contributed by atoms with Gasteiger partial charge in [-0.25, -0.2) is 0 Å². The molecule has 1 aliphatic heterocycles. The number of halogens is 1. The van der Waals surface area contributed by atoms with E-state index in [1.165, 1.54) is 7.11 Å². The minimum absolute atomic E-state index is 0. The van der Waals surface area contributed by atoms with E-state index in [9.17, 15) is 9.59 Å². The number of rotatable bonds is 6. The molecule has 1 atom stereocenters. The molecule has 1 aromatic carbocycles.